The largest absolute Gasteiger partial charge is 0.460 e. The van der Waals surface area contributed by atoms with Crippen LogP contribution in [0.15, 0.2) is 42.5 Å². The molecular formula is C21H27F3O6. The summed E-state index contributed by atoms with van der Waals surface area (Å²) in [6.07, 6.45) is -5.64. The van der Waals surface area contributed by atoms with E-state index in [1.165, 1.54) is 25.1 Å². The van der Waals surface area contributed by atoms with E-state index in [1.807, 2.05) is 0 Å². The molecule has 0 fully saturated rings. The topological polar surface area (TPSA) is 82.1 Å². The summed E-state index contributed by atoms with van der Waals surface area (Å²) in [5.74, 6) is -2.47. The number of hydrogen-bond donors (Lipinski definition) is 1. The third-order valence-electron chi connectivity index (χ3n) is 4.22. The second-order valence-corrected chi connectivity index (χ2v) is 7.97. The molecule has 168 valence electrons. The number of ether oxygens (including phenoxy) is 3. The molecule has 0 aliphatic rings. The van der Waals surface area contributed by atoms with Gasteiger partial charge in [-0.25, -0.2) is 4.79 Å². The molecule has 0 aliphatic heterocycles. The number of carbonyl (C=O) groups is 2. The molecule has 1 rings (SSSR count). The van der Waals surface area contributed by atoms with E-state index < -0.39 is 53.5 Å². The van der Waals surface area contributed by atoms with E-state index in [-0.39, 0.29) is 5.57 Å². The Morgan fingerprint density at radius 2 is 1.60 bits per heavy atom. The number of hydrogen-bond acceptors (Lipinski definition) is 6. The summed E-state index contributed by atoms with van der Waals surface area (Å²) in [4.78, 5) is 24.4. The summed E-state index contributed by atoms with van der Waals surface area (Å²) in [6, 6.07) is 6.32. The second-order valence-electron chi connectivity index (χ2n) is 7.97. The Hall–Kier alpha value is -2.39. The molecule has 2 unspecified atom stereocenters. The fourth-order valence-corrected chi connectivity index (χ4v) is 2.58. The predicted molar refractivity (Wildman–Crippen MR) is 102 cm³/mol. The smallest absolute Gasteiger partial charge is 0.432 e. The van der Waals surface area contributed by atoms with Gasteiger partial charge in [-0.1, -0.05) is 36.9 Å². The number of benzene rings is 1. The minimum Gasteiger partial charge on any atom is -0.460 e. The van der Waals surface area contributed by atoms with Gasteiger partial charge >= 0.3 is 18.1 Å². The van der Waals surface area contributed by atoms with Crippen molar-refractivity contribution in [3.05, 3.63) is 48.0 Å². The molecule has 6 nitrogen and oxygen atoms in total. The maximum Gasteiger partial charge on any atom is 0.432 e. The van der Waals surface area contributed by atoms with E-state index in [2.05, 4.69) is 11.3 Å². The summed E-state index contributed by atoms with van der Waals surface area (Å²) in [7, 11) is 0.745. The number of rotatable bonds is 8. The molecule has 9 heteroatoms. The third-order valence-corrected chi connectivity index (χ3v) is 4.22. The molecule has 30 heavy (non-hydrogen) atoms. The molecule has 1 N–H and O–H groups in total. The number of halogens is 3. The first-order chi connectivity index (χ1) is 13.6. The average Bonchev–Trinajstić information content (AvgIpc) is 2.58. The molecule has 0 bridgehead atoms. The zero-order valence-electron chi connectivity index (χ0n) is 17.6. The first-order valence-corrected chi connectivity index (χ1v) is 9.04. The summed E-state index contributed by atoms with van der Waals surface area (Å²) in [6.45, 7) is 8.91. The summed E-state index contributed by atoms with van der Waals surface area (Å²) >= 11 is 0. The lowest BCUT2D eigenvalue weighted by atomic mass is 9.92. The van der Waals surface area contributed by atoms with Crippen LogP contribution in [0.25, 0.3) is 0 Å². The summed E-state index contributed by atoms with van der Waals surface area (Å²) < 4.78 is 56.1. The highest BCUT2D eigenvalue weighted by atomic mass is 19.4. The van der Waals surface area contributed by atoms with E-state index in [0.29, 0.717) is 0 Å². The van der Waals surface area contributed by atoms with Gasteiger partial charge in [-0.3, -0.25) is 4.79 Å². The molecule has 0 saturated carbocycles. The third kappa shape index (κ3) is 6.06. The molecule has 2 atom stereocenters. The second kappa shape index (κ2) is 9.18. The van der Waals surface area contributed by atoms with Crippen molar-refractivity contribution in [2.45, 2.75) is 57.1 Å². The number of alkyl halides is 3. The van der Waals surface area contributed by atoms with Crippen LogP contribution in [0.3, 0.4) is 0 Å². The SMILES string of the molecule is C=C(COC(=O)C(OC)(c1ccccc1)C(F)(F)F)C(C)(O)CC(=O)OC(C)(C)C. The van der Waals surface area contributed by atoms with E-state index in [1.54, 1.807) is 20.8 Å². The van der Waals surface area contributed by atoms with Gasteiger partial charge in [-0.15, -0.1) is 0 Å². The van der Waals surface area contributed by atoms with Crippen molar-refractivity contribution in [1.29, 1.82) is 0 Å². The normalized spacial score (nSPS) is 16.2. The van der Waals surface area contributed by atoms with Crippen molar-refractivity contribution in [1.82, 2.24) is 0 Å². The van der Waals surface area contributed by atoms with Crippen LogP contribution in [-0.2, 0) is 29.4 Å². The molecule has 0 amide bonds. The van der Waals surface area contributed by atoms with Gasteiger partial charge in [0.25, 0.3) is 5.60 Å². The van der Waals surface area contributed by atoms with E-state index >= 15 is 0 Å². The fraction of sp³-hybridized carbons (Fsp3) is 0.524. The Morgan fingerprint density at radius 3 is 2.03 bits per heavy atom. The highest BCUT2D eigenvalue weighted by Crippen LogP contribution is 2.43. The molecule has 0 spiro atoms. The van der Waals surface area contributed by atoms with Crippen LogP contribution in [-0.4, -0.2) is 48.1 Å². The van der Waals surface area contributed by atoms with Gasteiger partial charge in [0, 0.05) is 12.7 Å². The van der Waals surface area contributed by atoms with Crippen LogP contribution in [0.1, 0.15) is 39.7 Å². The van der Waals surface area contributed by atoms with Crippen molar-refractivity contribution in [2.24, 2.45) is 0 Å². The summed E-state index contributed by atoms with van der Waals surface area (Å²) in [5, 5.41) is 10.5. The average molecular weight is 432 g/mol. The van der Waals surface area contributed by atoms with Gasteiger partial charge in [0.1, 0.15) is 12.2 Å². The Balaban J connectivity index is 2.99. The highest BCUT2D eigenvalue weighted by Gasteiger charge is 2.64. The van der Waals surface area contributed by atoms with Crippen molar-refractivity contribution in [2.75, 3.05) is 13.7 Å². The lowest BCUT2D eigenvalue weighted by Crippen LogP contribution is -2.52. The van der Waals surface area contributed by atoms with Crippen LogP contribution in [0.4, 0.5) is 13.2 Å². The predicted octanol–water partition coefficient (Wildman–Crippen LogP) is 3.67. The van der Waals surface area contributed by atoms with Crippen molar-refractivity contribution in [3.63, 3.8) is 0 Å². The standard InChI is InChI=1S/C21H27F3O6/c1-14(19(5,27)12-16(25)30-18(2,3)4)13-29-17(26)20(28-6,21(22,23)24)15-10-8-7-9-11-15/h7-11,27H,1,12-13H2,2-6H3. The Bertz CT molecular complexity index is 765. The van der Waals surface area contributed by atoms with Gasteiger partial charge in [-0.2, -0.15) is 13.2 Å². The van der Waals surface area contributed by atoms with E-state index in [4.69, 9.17) is 9.47 Å². The van der Waals surface area contributed by atoms with Crippen LogP contribution in [0, 0.1) is 0 Å². The minimum atomic E-state index is -5.12. The molecule has 1 aromatic carbocycles. The molecule has 0 heterocycles. The van der Waals surface area contributed by atoms with Gasteiger partial charge < -0.3 is 19.3 Å². The van der Waals surface area contributed by atoms with Crippen LogP contribution in [0.5, 0.6) is 0 Å². The highest BCUT2D eigenvalue weighted by molar-refractivity contribution is 5.83. The Labute approximate surface area is 173 Å². The molecule has 0 saturated heterocycles. The summed E-state index contributed by atoms with van der Waals surface area (Å²) in [5.41, 5.74) is -6.66. The van der Waals surface area contributed by atoms with Crippen LogP contribution < -0.4 is 0 Å². The Kier molecular flexibility index (Phi) is 7.85. The van der Waals surface area contributed by atoms with Gasteiger partial charge in [0.2, 0.25) is 0 Å². The molecule has 0 aromatic heterocycles. The number of esters is 2. The van der Waals surface area contributed by atoms with E-state index in [0.717, 1.165) is 19.2 Å². The maximum absolute atomic E-state index is 13.8. The molecular weight excluding hydrogens is 405 g/mol. The van der Waals surface area contributed by atoms with Crippen LogP contribution in [0.2, 0.25) is 0 Å². The first kappa shape index (κ1) is 25.6. The van der Waals surface area contributed by atoms with Crippen LogP contribution >= 0.6 is 0 Å². The fourth-order valence-electron chi connectivity index (χ4n) is 2.58. The van der Waals surface area contributed by atoms with Gasteiger partial charge in [0.15, 0.2) is 0 Å². The number of methoxy groups -OCH3 is 1. The number of aliphatic hydroxyl groups is 1. The first-order valence-electron chi connectivity index (χ1n) is 9.04. The van der Waals surface area contributed by atoms with Crippen molar-refractivity contribution < 1.29 is 42.1 Å². The minimum absolute atomic E-state index is 0.179. The zero-order chi connectivity index (χ0) is 23.4. The molecule has 0 radical (unpaired) electrons. The lowest BCUT2D eigenvalue weighted by molar-refractivity contribution is -0.276. The quantitative estimate of drug-likeness (QED) is 0.499. The maximum atomic E-state index is 13.8. The van der Waals surface area contributed by atoms with Crippen molar-refractivity contribution >= 4 is 11.9 Å². The number of carbonyl (C=O) groups excluding carboxylic acids is 2. The van der Waals surface area contributed by atoms with Gasteiger partial charge in [-0.05, 0) is 33.3 Å². The van der Waals surface area contributed by atoms with E-state index in [9.17, 15) is 27.9 Å². The lowest BCUT2D eigenvalue weighted by Gasteiger charge is -2.33. The van der Waals surface area contributed by atoms with Gasteiger partial charge in [0.05, 0.1) is 12.0 Å². The molecule has 1 aromatic rings. The monoisotopic (exact) mass is 432 g/mol. The molecule has 0 aliphatic carbocycles. The van der Waals surface area contributed by atoms with Crippen molar-refractivity contribution in [3.8, 4) is 0 Å². The zero-order valence-corrected chi connectivity index (χ0v) is 17.6. The Morgan fingerprint density at radius 1 is 1.07 bits per heavy atom.